The molecule has 5 heteroatoms. The Morgan fingerprint density at radius 2 is 1.86 bits per heavy atom. The second kappa shape index (κ2) is 7.78. The molecule has 21 heavy (non-hydrogen) atoms. The molecule has 1 aromatic carbocycles. The Morgan fingerprint density at radius 3 is 2.43 bits per heavy atom. The van der Waals surface area contributed by atoms with Crippen molar-refractivity contribution in [3.05, 3.63) is 30.3 Å². The minimum atomic E-state index is 0.729. The molecule has 0 amide bonds. The van der Waals surface area contributed by atoms with E-state index in [1.165, 1.54) is 0 Å². The third kappa shape index (κ3) is 4.56. The molecule has 0 bridgehead atoms. The zero-order chi connectivity index (χ0) is 15.1. The van der Waals surface area contributed by atoms with Crippen LogP contribution < -0.4 is 0 Å². The van der Waals surface area contributed by atoms with Gasteiger partial charge in [0.2, 0.25) is 5.96 Å². The van der Waals surface area contributed by atoms with Crippen LogP contribution in [0.25, 0.3) is 0 Å². The van der Waals surface area contributed by atoms with Crippen LogP contribution in [-0.4, -0.2) is 62.0 Å². The number of para-hydroxylation sites is 1. The predicted octanol–water partition coefficient (Wildman–Crippen LogP) is 2.38. The number of guanidine groups is 1. The number of aliphatic imine (C=N–C) groups is 2. The van der Waals surface area contributed by atoms with Gasteiger partial charge in [-0.2, -0.15) is 0 Å². The number of rotatable bonds is 2. The van der Waals surface area contributed by atoms with Gasteiger partial charge in [-0.05, 0) is 12.1 Å². The van der Waals surface area contributed by atoms with Gasteiger partial charge >= 0.3 is 0 Å². The number of ether oxygens (including phenoxy) is 1. The Bertz CT molecular complexity index is 490. The first-order chi connectivity index (χ1) is 10.2. The van der Waals surface area contributed by atoms with Crippen molar-refractivity contribution in [2.75, 3.05) is 40.4 Å². The topological polar surface area (TPSA) is 40.4 Å². The molecule has 1 heterocycles. The molecule has 1 aromatic rings. The summed E-state index contributed by atoms with van der Waals surface area (Å²) in [7, 11) is 4.03. The normalized spacial score (nSPS) is 17.0. The maximum atomic E-state index is 5.42. The Balaban J connectivity index is 2.31. The Hall–Kier alpha value is -1.88. The lowest BCUT2D eigenvalue weighted by atomic mass is 10.3. The average Bonchev–Trinajstić information content (AvgIpc) is 2.53. The molecule has 5 nitrogen and oxygen atoms in total. The van der Waals surface area contributed by atoms with Gasteiger partial charge in [-0.15, -0.1) is 0 Å². The Kier molecular flexibility index (Phi) is 5.75. The summed E-state index contributed by atoms with van der Waals surface area (Å²) in [5, 5.41) is 0. The monoisotopic (exact) mass is 288 g/mol. The molecule has 1 saturated heterocycles. The zero-order valence-corrected chi connectivity index (χ0v) is 13.1. The molecule has 0 saturated carbocycles. The van der Waals surface area contributed by atoms with E-state index in [1.807, 2.05) is 49.3 Å². The maximum absolute atomic E-state index is 5.42. The summed E-state index contributed by atoms with van der Waals surface area (Å²) in [5.41, 5.74) is 0.928. The van der Waals surface area contributed by atoms with Gasteiger partial charge in [0.25, 0.3) is 0 Å². The SMILES string of the molecule is CCC(=NC(=Nc1ccccc1)N1CCOCC1)N(C)C. The summed E-state index contributed by atoms with van der Waals surface area (Å²) < 4.78 is 5.42. The summed E-state index contributed by atoms with van der Waals surface area (Å²) in [6.07, 6.45) is 0.880. The fourth-order valence-corrected chi connectivity index (χ4v) is 2.16. The number of benzene rings is 1. The molecule has 0 atom stereocenters. The summed E-state index contributed by atoms with van der Waals surface area (Å²) in [6, 6.07) is 9.97. The van der Waals surface area contributed by atoms with Gasteiger partial charge in [-0.3, -0.25) is 0 Å². The lowest BCUT2D eigenvalue weighted by Gasteiger charge is -2.28. The van der Waals surface area contributed by atoms with Gasteiger partial charge in [0.1, 0.15) is 5.84 Å². The van der Waals surface area contributed by atoms with Crippen molar-refractivity contribution in [3.8, 4) is 0 Å². The average molecular weight is 288 g/mol. The van der Waals surface area contributed by atoms with Crippen LogP contribution in [0, 0.1) is 0 Å². The van der Waals surface area contributed by atoms with Crippen molar-refractivity contribution < 1.29 is 4.74 Å². The maximum Gasteiger partial charge on any atom is 0.227 e. The molecule has 0 aromatic heterocycles. The van der Waals surface area contributed by atoms with Crippen LogP contribution in [0.5, 0.6) is 0 Å². The first-order valence-corrected chi connectivity index (χ1v) is 7.42. The number of amidine groups is 1. The van der Waals surface area contributed by atoms with Crippen LogP contribution in [-0.2, 0) is 4.74 Å². The second-order valence-corrected chi connectivity index (χ2v) is 5.12. The third-order valence-corrected chi connectivity index (χ3v) is 3.34. The summed E-state index contributed by atoms with van der Waals surface area (Å²) in [4.78, 5) is 13.7. The van der Waals surface area contributed by atoms with E-state index in [4.69, 9.17) is 14.7 Å². The smallest absolute Gasteiger partial charge is 0.227 e. The highest BCUT2D eigenvalue weighted by molar-refractivity contribution is 5.96. The van der Waals surface area contributed by atoms with Gasteiger partial charge in [-0.25, -0.2) is 9.98 Å². The van der Waals surface area contributed by atoms with Crippen molar-refractivity contribution in [3.63, 3.8) is 0 Å². The van der Waals surface area contributed by atoms with E-state index in [9.17, 15) is 0 Å². The lowest BCUT2D eigenvalue weighted by Crippen LogP contribution is -2.41. The number of hydrogen-bond donors (Lipinski definition) is 0. The molecule has 2 rings (SSSR count). The lowest BCUT2D eigenvalue weighted by molar-refractivity contribution is 0.0676. The highest BCUT2D eigenvalue weighted by Crippen LogP contribution is 2.13. The van der Waals surface area contributed by atoms with Crippen LogP contribution in [0.3, 0.4) is 0 Å². The summed E-state index contributed by atoms with van der Waals surface area (Å²) in [5.74, 6) is 1.80. The summed E-state index contributed by atoms with van der Waals surface area (Å²) >= 11 is 0. The molecule has 0 aliphatic carbocycles. The van der Waals surface area contributed by atoms with E-state index >= 15 is 0 Å². The van der Waals surface area contributed by atoms with Crippen LogP contribution in [0.1, 0.15) is 13.3 Å². The zero-order valence-electron chi connectivity index (χ0n) is 13.1. The largest absolute Gasteiger partial charge is 0.378 e. The van der Waals surface area contributed by atoms with E-state index in [1.54, 1.807) is 0 Å². The third-order valence-electron chi connectivity index (χ3n) is 3.34. The fourth-order valence-electron chi connectivity index (χ4n) is 2.16. The van der Waals surface area contributed by atoms with Crippen LogP contribution in [0.15, 0.2) is 40.3 Å². The molecule has 1 fully saturated rings. The van der Waals surface area contributed by atoms with Gasteiger partial charge in [0.15, 0.2) is 0 Å². The Morgan fingerprint density at radius 1 is 1.19 bits per heavy atom. The van der Waals surface area contributed by atoms with Crippen molar-refractivity contribution in [1.29, 1.82) is 0 Å². The van der Waals surface area contributed by atoms with E-state index in [0.717, 1.165) is 50.2 Å². The highest BCUT2D eigenvalue weighted by atomic mass is 16.5. The second-order valence-electron chi connectivity index (χ2n) is 5.12. The van der Waals surface area contributed by atoms with Crippen molar-refractivity contribution in [1.82, 2.24) is 9.80 Å². The van der Waals surface area contributed by atoms with Gasteiger partial charge < -0.3 is 14.5 Å². The van der Waals surface area contributed by atoms with Crippen molar-refractivity contribution >= 4 is 17.5 Å². The fraction of sp³-hybridized carbons (Fsp3) is 0.500. The minimum Gasteiger partial charge on any atom is -0.378 e. The standard InChI is InChI=1S/C16H24N4O/c1-4-15(19(2)3)18-16(20-10-12-21-13-11-20)17-14-8-6-5-7-9-14/h5-9H,4,10-13H2,1-3H3. The quantitative estimate of drug-likeness (QED) is 0.619. The minimum absolute atomic E-state index is 0.729. The van der Waals surface area contributed by atoms with E-state index in [-0.39, 0.29) is 0 Å². The molecular weight excluding hydrogens is 264 g/mol. The van der Waals surface area contributed by atoms with Gasteiger partial charge in [0, 0.05) is 33.6 Å². The van der Waals surface area contributed by atoms with Crippen molar-refractivity contribution in [2.45, 2.75) is 13.3 Å². The van der Waals surface area contributed by atoms with Crippen LogP contribution in [0.2, 0.25) is 0 Å². The number of nitrogens with zero attached hydrogens (tertiary/aromatic N) is 4. The first kappa shape index (κ1) is 15.5. The van der Waals surface area contributed by atoms with Gasteiger partial charge in [-0.1, -0.05) is 25.1 Å². The molecule has 0 N–H and O–H groups in total. The van der Waals surface area contributed by atoms with Gasteiger partial charge in [0.05, 0.1) is 18.9 Å². The van der Waals surface area contributed by atoms with E-state index in [2.05, 4.69) is 11.8 Å². The summed E-state index contributed by atoms with van der Waals surface area (Å²) in [6.45, 7) is 5.23. The molecule has 0 unspecified atom stereocenters. The highest BCUT2D eigenvalue weighted by Gasteiger charge is 2.16. The number of hydrogen-bond acceptors (Lipinski definition) is 2. The predicted molar refractivity (Wildman–Crippen MR) is 87.3 cm³/mol. The molecule has 1 aliphatic heterocycles. The van der Waals surface area contributed by atoms with Crippen molar-refractivity contribution in [2.24, 2.45) is 9.98 Å². The Labute approximate surface area is 126 Å². The molecule has 114 valence electrons. The molecule has 0 spiro atoms. The molecule has 1 aliphatic rings. The van der Waals surface area contributed by atoms with E-state index in [0.29, 0.717) is 0 Å². The van der Waals surface area contributed by atoms with Crippen LogP contribution >= 0.6 is 0 Å². The molecular formula is C16H24N4O. The first-order valence-electron chi connectivity index (χ1n) is 7.42. The van der Waals surface area contributed by atoms with Crippen LogP contribution in [0.4, 0.5) is 5.69 Å². The van der Waals surface area contributed by atoms with E-state index < -0.39 is 0 Å². The number of morpholine rings is 1. The molecule has 0 radical (unpaired) electrons.